The molecule has 0 aromatic heterocycles. The van der Waals surface area contributed by atoms with E-state index in [1.807, 2.05) is 0 Å². The highest BCUT2D eigenvalue weighted by Gasteiger charge is 2.26. The van der Waals surface area contributed by atoms with E-state index in [-0.39, 0.29) is 37.5 Å². The first kappa shape index (κ1) is 15.4. The van der Waals surface area contributed by atoms with E-state index in [2.05, 4.69) is 0 Å². The Morgan fingerprint density at radius 1 is 1.38 bits per heavy atom. The van der Waals surface area contributed by atoms with Crippen molar-refractivity contribution in [1.29, 1.82) is 0 Å². The van der Waals surface area contributed by atoms with Crippen molar-refractivity contribution in [2.75, 3.05) is 19.7 Å². The van der Waals surface area contributed by atoms with Crippen LogP contribution >= 0.6 is 0 Å². The lowest BCUT2D eigenvalue weighted by molar-refractivity contribution is -0.147. The number of halogens is 2. The van der Waals surface area contributed by atoms with Crippen molar-refractivity contribution in [2.45, 2.75) is 18.9 Å². The maximum absolute atomic E-state index is 13.5. The molecule has 1 saturated heterocycles. The molecule has 0 unspecified atom stereocenters. The third kappa shape index (κ3) is 3.98. The van der Waals surface area contributed by atoms with E-state index in [9.17, 15) is 18.4 Å². The number of amides is 1. The lowest BCUT2D eigenvalue weighted by Gasteiger charge is -2.32. The SMILES string of the molecule is O=C(O)C[C@@H]1CN(C(=O)Cc2cccc(F)c2F)CCO1. The van der Waals surface area contributed by atoms with Gasteiger partial charge in [-0.2, -0.15) is 0 Å². The van der Waals surface area contributed by atoms with Crippen LogP contribution < -0.4 is 0 Å². The van der Waals surface area contributed by atoms with Gasteiger partial charge in [-0.05, 0) is 6.07 Å². The van der Waals surface area contributed by atoms with Crippen molar-refractivity contribution in [1.82, 2.24) is 4.90 Å². The van der Waals surface area contributed by atoms with Gasteiger partial charge in [-0.3, -0.25) is 9.59 Å². The summed E-state index contributed by atoms with van der Waals surface area (Å²) in [5.41, 5.74) is -0.0127. The highest BCUT2D eigenvalue weighted by molar-refractivity contribution is 5.79. The normalized spacial score (nSPS) is 18.6. The molecule has 0 aliphatic carbocycles. The van der Waals surface area contributed by atoms with Crippen LogP contribution in [0.25, 0.3) is 0 Å². The molecule has 1 amide bonds. The quantitative estimate of drug-likeness (QED) is 0.907. The number of carboxylic acids is 1. The number of nitrogens with zero attached hydrogens (tertiary/aromatic N) is 1. The van der Waals surface area contributed by atoms with Gasteiger partial charge in [0.2, 0.25) is 5.91 Å². The summed E-state index contributed by atoms with van der Waals surface area (Å²) in [5, 5.41) is 8.72. The Balaban J connectivity index is 1.99. The Bertz CT molecular complexity index is 550. The van der Waals surface area contributed by atoms with Gasteiger partial charge in [0.1, 0.15) is 0 Å². The molecule has 0 radical (unpaired) electrons. The van der Waals surface area contributed by atoms with Crippen molar-refractivity contribution in [2.24, 2.45) is 0 Å². The summed E-state index contributed by atoms with van der Waals surface area (Å²) in [5.74, 6) is -3.41. The van der Waals surface area contributed by atoms with Crippen LogP contribution in [0.5, 0.6) is 0 Å². The fourth-order valence-corrected chi connectivity index (χ4v) is 2.22. The van der Waals surface area contributed by atoms with E-state index < -0.39 is 23.7 Å². The number of carbonyl (C=O) groups is 2. The lowest BCUT2D eigenvalue weighted by atomic mass is 10.1. The average molecular weight is 299 g/mol. The number of ether oxygens (including phenoxy) is 1. The molecule has 1 fully saturated rings. The molecular formula is C14H15F2NO4. The number of carboxylic acid groups (broad SMARTS) is 1. The second-order valence-corrected chi connectivity index (χ2v) is 4.82. The number of hydrogen-bond acceptors (Lipinski definition) is 3. The van der Waals surface area contributed by atoms with E-state index in [0.29, 0.717) is 6.54 Å². The minimum Gasteiger partial charge on any atom is -0.481 e. The van der Waals surface area contributed by atoms with Crippen molar-refractivity contribution >= 4 is 11.9 Å². The number of benzene rings is 1. The van der Waals surface area contributed by atoms with Crippen molar-refractivity contribution in [3.63, 3.8) is 0 Å². The number of morpholine rings is 1. The van der Waals surface area contributed by atoms with Crippen LogP contribution in [0.4, 0.5) is 8.78 Å². The van der Waals surface area contributed by atoms with Crippen molar-refractivity contribution < 1.29 is 28.2 Å². The number of carbonyl (C=O) groups excluding carboxylic acids is 1. The smallest absolute Gasteiger partial charge is 0.306 e. The maximum atomic E-state index is 13.5. The first-order valence-electron chi connectivity index (χ1n) is 6.51. The molecule has 0 bridgehead atoms. The van der Waals surface area contributed by atoms with Gasteiger partial charge in [0.15, 0.2) is 11.6 Å². The van der Waals surface area contributed by atoms with E-state index >= 15 is 0 Å². The van der Waals surface area contributed by atoms with E-state index in [0.717, 1.165) is 6.07 Å². The van der Waals surface area contributed by atoms with Gasteiger partial charge in [-0.25, -0.2) is 8.78 Å². The topological polar surface area (TPSA) is 66.8 Å². The predicted octanol–water partition coefficient (Wildman–Crippen LogP) is 1.21. The average Bonchev–Trinajstić information content (AvgIpc) is 2.43. The van der Waals surface area contributed by atoms with Crippen LogP contribution in [0.3, 0.4) is 0 Å². The molecule has 2 rings (SSSR count). The van der Waals surface area contributed by atoms with Gasteiger partial charge in [0.25, 0.3) is 0 Å². The van der Waals surface area contributed by atoms with Crippen molar-refractivity contribution in [3.05, 3.63) is 35.4 Å². The number of rotatable bonds is 4. The molecule has 0 spiro atoms. The first-order valence-corrected chi connectivity index (χ1v) is 6.51. The minimum absolute atomic E-state index is 0.0127. The number of hydrogen-bond donors (Lipinski definition) is 1. The summed E-state index contributed by atoms with van der Waals surface area (Å²) in [7, 11) is 0. The van der Waals surface area contributed by atoms with Gasteiger partial charge < -0.3 is 14.7 Å². The molecule has 7 heteroatoms. The van der Waals surface area contributed by atoms with Gasteiger partial charge in [0.05, 0.1) is 25.6 Å². The van der Waals surface area contributed by atoms with Gasteiger partial charge in [0, 0.05) is 18.7 Å². The molecule has 1 N–H and O–H groups in total. The molecule has 1 aliphatic rings. The van der Waals surface area contributed by atoms with Crippen LogP contribution in [0.1, 0.15) is 12.0 Å². The Morgan fingerprint density at radius 3 is 2.86 bits per heavy atom. The summed E-state index contributed by atoms with van der Waals surface area (Å²) < 4.78 is 31.9. The van der Waals surface area contributed by atoms with E-state index in [1.165, 1.54) is 17.0 Å². The Labute approximate surface area is 120 Å². The van der Waals surface area contributed by atoms with Crippen LogP contribution in [0.15, 0.2) is 18.2 Å². The third-order valence-corrected chi connectivity index (χ3v) is 3.27. The lowest BCUT2D eigenvalue weighted by Crippen LogP contribution is -2.46. The monoisotopic (exact) mass is 299 g/mol. The van der Waals surface area contributed by atoms with E-state index in [4.69, 9.17) is 9.84 Å². The zero-order valence-electron chi connectivity index (χ0n) is 11.2. The van der Waals surface area contributed by atoms with Crippen LogP contribution in [0.2, 0.25) is 0 Å². The first-order chi connectivity index (χ1) is 9.97. The van der Waals surface area contributed by atoms with E-state index in [1.54, 1.807) is 0 Å². The Morgan fingerprint density at radius 2 is 2.14 bits per heavy atom. The Hall–Kier alpha value is -2.02. The zero-order valence-corrected chi connectivity index (χ0v) is 11.2. The summed E-state index contributed by atoms with van der Waals surface area (Å²) in [6.45, 7) is 0.684. The van der Waals surface area contributed by atoms with Crippen LogP contribution in [0, 0.1) is 11.6 Å². The highest BCUT2D eigenvalue weighted by atomic mass is 19.2. The summed E-state index contributed by atoms with van der Waals surface area (Å²) in [4.78, 5) is 24.2. The summed E-state index contributed by atoms with van der Waals surface area (Å²) in [6, 6.07) is 3.68. The highest BCUT2D eigenvalue weighted by Crippen LogP contribution is 2.15. The molecule has 21 heavy (non-hydrogen) atoms. The minimum atomic E-state index is -1.03. The second kappa shape index (κ2) is 6.62. The van der Waals surface area contributed by atoms with Crippen molar-refractivity contribution in [3.8, 4) is 0 Å². The molecule has 114 valence electrons. The molecular weight excluding hydrogens is 284 g/mol. The van der Waals surface area contributed by atoms with Gasteiger partial charge in [-0.1, -0.05) is 12.1 Å². The molecule has 1 aliphatic heterocycles. The Kier molecular flexibility index (Phi) is 4.85. The van der Waals surface area contributed by atoms with Crippen LogP contribution in [-0.4, -0.2) is 47.7 Å². The maximum Gasteiger partial charge on any atom is 0.306 e. The molecule has 5 nitrogen and oxygen atoms in total. The molecule has 0 saturated carbocycles. The number of aliphatic carboxylic acids is 1. The zero-order chi connectivity index (χ0) is 15.4. The second-order valence-electron chi connectivity index (χ2n) is 4.82. The van der Waals surface area contributed by atoms with Crippen LogP contribution in [-0.2, 0) is 20.7 Å². The van der Waals surface area contributed by atoms with Gasteiger partial charge in [-0.15, -0.1) is 0 Å². The summed E-state index contributed by atoms with van der Waals surface area (Å²) >= 11 is 0. The largest absolute Gasteiger partial charge is 0.481 e. The van der Waals surface area contributed by atoms with Gasteiger partial charge >= 0.3 is 5.97 Å². The molecule has 1 aromatic carbocycles. The fraction of sp³-hybridized carbons (Fsp3) is 0.429. The standard InChI is InChI=1S/C14H15F2NO4/c15-11-3-1-2-9(14(11)16)6-12(18)17-4-5-21-10(8-17)7-13(19)20/h1-3,10H,4-8H2,(H,19,20)/t10-/m1/s1. The fourth-order valence-electron chi connectivity index (χ4n) is 2.22. The molecule has 1 atom stereocenters. The third-order valence-electron chi connectivity index (χ3n) is 3.27. The summed E-state index contributed by atoms with van der Waals surface area (Å²) in [6.07, 6.45) is -1.03. The molecule has 1 heterocycles. The molecule has 1 aromatic rings. The predicted molar refractivity (Wildman–Crippen MR) is 68.6 cm³/mol.